The van der Waals surface area contributed by atoms with Crippen LogP contribution >= 0.6 is 0 Å². The van der Waals surface area contributed by atoms with Crippen LogP contribution in [0.15, 0.2) is 0 Å². The summed E-state index contributed by atoms with van der Waals surface area (Å²) in [5, 5.41) is 3.37. The number of nitrogens with zero attached hydrogens (tertiary/aromatic N) is 1. The van der Waals surface area contributed by atoms with Crippen molar-refractivity contribution in [1.82, 2.24) is 10.2 Å². The van der Waals surface area contributed by atoms with Crippen molar-refractivity contribution in [2.45, 2.75) is 69.9 Å². The van der Waals surface area contributed by atoms with Gasteiger partial charge >= 0.3 is 0 Å². The van der Waals surface area contributed by atoms with Gasteiger partial charge in [0.25, 0.3) is 0 Å². The van der Waals surface area contributed by atoms with Crippen molar-refractivity contribution < 1.29 is 4.79 Å². The van der Waals surface area contributed by atoms with Crippen LogP contribution in [0.2, 0.25) is 0 Å². The van der Waals surface area contributed by atoms with Gasteiger partial charge in [0.15, 0.2) is 0 Å². The van der Waals surface area contributed by atoms with Crippen molar-refractivity contribution in [1.29, 1.82) is 0 Å². The Bertz CT molecular complexity index is 293. The molecule has 0 unspecified atom stereocenters. The summed E-state index contributed by atoms with van der Waals surface area (Å²) in [6.45, 7) is 2.04. The second-order valence-corrected chi connectivity index (χ2v) is 6.29. The van der Waals surface area contributed by atoms with E-state index in [0.29, 0.717) is 11.9 Å². The van der Waals surface area contributed by atoms with E-state index in [9.17, 15) is 4.79 Å². The molecule has 3 heteroatoms. The predicted octanol–water partition coefficient (Wildman–Crippen LogP) is 2.31. The lowest BCUT2D eigenvalue weighted by molar-refractivity contribution is -0.135. The molecule has 0 spiro atoms. The Hall–Kier alpha value is -0.570. The quantitative estimate of drug-likeness (QED) is 0.815. The van der Waals surface area contributed by atoms with Crippen LogP contribution in [0.25, 0.3) is 0 Å². The number of carbonyl (C=O) groups is 1. The zero-order valence-electron chi connectivity index (χ0n) is 11.4. The molecule has 3 nitrogen and oxygen atoms in total. The van der Waals surface area contributed by atoms with Crippen molar-refractivity contribution >= 4 is 5.91 Å². The van der Waals surface area contributed by atoms with Crippen LogP contribution in [0.1, 0.15) is 57.8 Å². The van der Waals surface area contributed by atoms with Crippen molar-refractivity contribution in [2.24, 2.45) is 5.92 Å². The van der Waals surface area contributed by atoms with Gasteiger partial charge in [0.2, 0.25) is 5.91 Å². The van der Waals surface area contributed by atoms with Crippen LogP contribution in [0.4, 0.5) is 0 Å². The van der Waals surface area contributed by atoms with Gasteiger partial charge in [-0.15, -0.1) is 0 Å². The highest BCUT2D eigenvalue weighted by Gasteiger charge is 2.38. The first kappa shape index (κ1) is 12.5. The van der Waals surface area contributed by atoms with Gasteiger partial charge in [-0.2, -0.15) is 0 Å². The van der Waals surface area contributed by atoms with Gasteiger partial charge in [0, 0.05) is 12.6 Å². The molecule has 102 valence electrons. The molecule has 0 bridgehead atoms. The van der Waals surface area contributed by atoms with E-state index >= 15 is 0 Å². The predicted molar refractivity (Wildman–Crippen MR) is 72.3 cm³/mol. The molecule has 0 aromatic heterocycles. The van der Waals surface area contributed by atoms with Crippen molar-refractivity contribution in [3.05, 3.63) is 0 Å². The number of amides is 1. The van der Waals surface area contributed by atoms with Crippen LogP contribution in [0, 0.1) is 5.92 Å². The Morgan fingerprint density at radius 3 is 2.50 bits per heavy atom. The molecular formula is C15H26N2O. The van der Waals surface area contributed by atoms with Crippen molar-refractivity contribution in [3.8, 4) is 0 Å². The summed E-state index contributed by atoms with van der Waals surface area (Å²) in [4.78, 5) is 14.8. The highest BCUT2D eigenvalue weighted by atomic mass is 16.2. The highest BCUT2D eigenvalue weighted by molar-refractivity contribution is 5.82. The second kappa shape index (κ2) is 5.60. The monoisotopic (exact) mass is 250 g/mol. The fraction of sp³-hybridized carbons (Fsp3) is 0.933. The Balaban J connectivity index is 1.64. The van der Waals surface area contributed by atoms with Gasteiger partial charge in [-0.25, -0.2) is 0 Å². The van der Waals surface area contributed by atoms with E-state index in [4.69, 9.17) is 0 Å². The van der Waals surface area contributed by atoms with E-state index in [0.717, 1.165) is 25.4 Å². The number of likely N-dealkylation sites (tertiary alicyclic amines) is 1. The van der Waals surface area contributed by atoms with E-state index < -0.39 is 0 Å². The zero-order valence-corrected chi connectivity index (χ0v) is 11.4. The molecule has 18 heavy (non-hydrogen) atoms. The van der Waals surface area contributed by atoms with Gasteiger partial charge in [0.05, 0.1) is 6.04 Å². The fourth-order valence-corrected chi connectivity index (χ4v) is 4.17. The van der Waals surface area contributed by atoms with E-state index in [2.05, 4.69) is 10.2 Å². The van der Waals surface area contributed by atoms with Crippen LogP contribution < -0.4 is 5.32 Å². The van der Waals surface area contributed by atoms with Gasteiger partial charge < -0.3 is 10.2 Å². The van der Waals surface area contributed by atoms with E-state index in [1.165, 1.54) is 51.4 Å². The summed E-state index contributed by atoms with van der Waals surface area (Å²) >= 11 is 0. The molecule has 0 aromatic carbocycles. The minimum Gasteiger partial charge on any atom is -0.338 e. The summed E-state index contributed by atoms with van der Waals surface area (Å²) in [5.74, 6) is 1.20. The third kappa shape index (κ3) is 2.42. The van der Waals surface area contributed by atoms with E-state index in [-0.39, 0.29) is 6.04 Å². The lowest BCUT2D eigenvalue weighted by atomic mass is 9.83. The highest BCUT2D eigenvalue weighted by Crippen LogP contribution is 2.34. The molecule has 1 N–H and O–H groups in total. The van der Waals surface area contributed by atoms with E-state index in [1.54, 1.807) is 0 Å². The topological polar surface area (TPSA) is 32.3 Å². The average Bonchev–Trinajstić information content (AvgIpc) is 3.10. The number of hydrogen-bond acceptors (Lipinski definition) is 2. The zero-order chi connectivity index (χ0) is 12.4. The molecule has 0 radical (unpaired) electrons. The van der Waals surface area contributed by atoms with Crippen LogP contribution in [0.5, 0.6) is 0 Å². The normalized spacial score (nSPS) is 34.1. The van der Waals surface area contributed by atoms with Crippen LogP contribution in [-0.4, -0.2) is 36.0 Å². The lowest BCUT2D eigenvalue weighted by Gasteiger charge is -2.35. The summed E-state index contributed by atoms with van der Waals surface area (Å²) in [5.41, 5.74) is 0. The summed E-state index contributed by atoms with van der Waals surface area (Å²) in [7, 11) is 0. The smallest absolute Gasteiger partial charge is 0.239 e. The lowest BCUT2D eigenvalue weighted by Crippen LogP contribution is -2.48. The largest absolute Gasteiger partial charge is 0.338 e. The molecule has 3 rings (SSSR count). The maximum Gasteiger partial charge on any atom is 0.239 e. The summed E-state index contributed by atoms with van der Waals surface area (Å²) in [6.07, 6.45) is 11.6. The molecule has 2 heterocycles. The maximum absolute atomic E-state index is 12.6. The van der Waals surface area contributed by atoms with Gasteiger partial charge in [-0.05, 0) is 51.0 Å². The molecule has 3 fully saturated rings. The average molecular weight is 250 g/mol. The molecule has 3 aliphatic rings. The Labute approximate surface area is 110 Å². The van der Waals surface area contributed by atoms with Crippen LogP contribution in [-0.2, 0) is 4.79 Å². The standard InChI is InChI=1S/C15H26N2O/c18-15(13-8-4-10-16-13)17-11-5-9-14(17)12-6-2-1-3-7-12/h12-14,16H,1-11H2/t13-,14-/m0/s1. The van der Waals surface area contributed by atoms with Crippen LogP contribution in [0.3, 0.4) is 0 Å². The minimum atomic E-state index is 0.134. The number of carbonyl (C=O) groups excluding carboxylic acids is 1. The molecule has 1 saturated carbocycles. The maximum atomic E-state index is 12.6. The van der Waals surface area contributed by atoms with Crippen molar-refractivity contribution in [2.75, 3.05) is 13.1 Å². The summed E-state index contributed by atoms with van der Waals surface area (Å²) < 4.78 is 0. The first-order chi connectivity index (χ1) is 8.86. The molecule has 1 amide bonds. The minimum absolute atomic E-state index is 0.134. The molecule has 0 aromatic rings. The Morgan fingerprint density at radius 1 is 0.944 bits per heavy atom. The molecule has 2 aliphatic heterocycles. The third-order valence-electron chi connectivity index (χ3n) is 5.13. The van der Waals surface area contributed by atoms with Crippen molar-refractivity contribution in [3.63, 3.8) is 0 Å². The Kier molecular flexibility index (Phi) is 3.88. The molecule has 2 saturated heterocycles. The first-order valence-corrected chi connectivity index (χ1v) is 7.90. The fourth-order valence-electron chi connectivity index (χ4n) is 4.17. The molecule has 1 aliphatic carbocycles. The second-order valence-electron chi connectivity index (χ2n) is 6.29. The first-order valence-electron chi connectivity index (χ1n) is 7.90. The SMILES string of the molecule is O=C([C@@H]1CCCN1)N1CCC[C@H]1C1CCCCC1. The number of hydrogen-bond donors (Lipinski definition) is 1. The Morgan fingerprint density at radius 2 is 1.78 bits per heavy atom. The van der Waals surface area contributed by atoms with Gasteiger partial charge in [-0.3, -0.25) is 4.79 Å². The number of rotatable bonds is 2. The van der Waals surface area contributed by atoms with Gasteiger partial charge in [0.1, 0.15) is 0 Å². The third-order valence-corrected chi connectivity index (χ3v) is 5.13. The van der Waals surface area contributed by atoms with E-state index in [1.807, 2.05) is 0 Å². The van der Waals surface area contributed by atoms with Gasteiger partial charge in [-0.1, -0.05) is 19.3 Å². The molecule has 2 atom stereocenters. The summed E-state index contributed by atoms with van der Waals surface area (Å²) in [6, 6.07) is 0.703. The number of nitrogens with one attached hydrogen (secondary N) is 1. The molecular weight excluding hydrogens is 224 g/mol.